The normalized spacial score (nSPS) is 9.93. The molecule has 0 aliphatic carbocycles. The van der Waals surface area contributed by atoms with E-state index in [2.05, 4.69) is 4.74 Å². The van der Waals surface area contributed by atoms with Crippen LogP contribution in [0.1, 0.15) is 15.9 Å². The molecular formula is C9H10FNO3. The number of carboxylic acid groups (broad SMARTS) is 1. The zero-order valence-corrected chi connectivity index (χ0v) is 7.80. The maximum absolute atomic E-state index is 13.2. The van der Waals surface area contributed by atoms with Crippen molar-refractivity contribution in [3.8, 4) is 5.75 Å². The van der Waals surface area contributed by atoms with Gasteiger partial charge in [0.2, 0.25) is 0 Å². The van der Waals surface area contributed by atoms with Gasteiger partial charge in [0.15, 0.2) is 11.6 Å². The van der Waals surface area contributed by atoms with Crippen LogP contribution < -0.4 is 10.5 Å². The Balaban J connectivity index is 3.56. The molecule has 5 heteroatoms. The summed E-state index contributed by atoms with van der Waals surface area (Å²) >= 11 is 0. The van der Waals surface area contributed by atoms with E-state index >= 15 is 0 Å². The highest BCUT2D eigenvalue weighted by Gasteiger charge is 2.20. The summed E-state index contributed by atoms with van der Waals surface area (Å²) in [5.74, 6) is -2.32. The Morgan fingerprint density at radius 2 is 2.21 bits per heavy atom. The van der Waals surface area contributed by atoms with E-state index in [4.69, 9.17) is 10.8 Å². The summed E-state index contributed by atoms with van der Waals surface area (Å²) in [6, 6.07) is 1.04. The minimum atomic E-state index is -1.26. The van der Waals surface area contributed by atoms with Crippen molar-refractivity contribution in [2.45, 2.75) is 6.92 Å². The second-order valence-electron chi connectivity index (χ2n) is 2.79. The molecule has 0 aliphatic heterocycles. The van der Waals surface area contributed by atoms with Crippen LogP contribution in [0.5, 0.6) is 5.75 Å². The fourth-order valence-electron chi connectivity index (χ4n) is 1.20. The van der Waals surface area contributed by atoms with Gasteiger partial charge in [-0.3, -0.25) is 0 Å². The van der Waals surface area contributed by atoms with Crippen LogP contribution in [0.2, 0.25) is 0 Å². The molecule has 0 saturated heterocycles. The van der Waals surface area contributed by atoms with Gasteiger partial charge in [0.25, 0.3) is 0 Å². The molecule has 14 heavy (non-hydrogen) atoms. The van der Waals surface area contributed by atoms with Crippen LogP contribution >= 0.6 is 0 Å². The van der Waals surface area contributed by atoms with Gasteiger partial charge in [-0.05, 0) is 12.5 Å². The molecule has 0 spiro atoms. The molecule has 0 amide bonds. The van der Waals surface area contributed by atoms with Crippen molar-refractivity contribution in [2.24, 2.45) is 0 Å². The maximum atomic E-state index is 13.2. The van der Waals surface area contributed by atoms with Crippen LogP contribution in [0.15, 0.2) is 6.07 Å². The first-order chi connectivity index (χ1) is 6.49. The number of ether oxygens (including phenoxy) is 1. The van der Waals surface area contributed by atoms with E-state index in [-0.39, 0.29) is 17.0 Å². The smallest absolute Gasteiger partial charge is 0.339 e. The molecule has 0 aliphatic rings. The molecule has 1 aromatic carbocycles. The molecule has 0 atom stereocenters. The molecule has 3 N–H and O–H groups in total. The number of rotatable bonds is 2. The fourth-order valence-corrected chi connectivity index (χ4v) is 1.20. The lowest BCUT2D eigenvalue weighted by Crippen LogP contribution is -2.07. The monoisotopic (exact) mass is 199 g/mol. The molecule has 0 unspecified atom stereocenters. The molecule has 4 nitrogen and oxygen atoms in total. The summed E-state index contributed by atoms with van der Waals surface area (Å²) in [4.78, 5) is 10.8. The Morgan fingerprint density at radius 3 is 2.64 bits per heavy atom. The van der Waals surface area contributed by atoms with Crippen molar-refractivity contribution in [1.29, 1.82) is 0 Å². The summed E-state index contributed by atoms with van der Waals surface area (Å²) in [6.45, 7) is 1.50. The predicted octanol–water partition coefficient (Wildman–Crippen LogP) is 1.42. The van der Waals surface area contributed by atoms with E-state index in [0.717, 1.165) is 6.07 Å². The van der Waals surface area contributed by atoms with E-state index < -0.39 is 11.8 Å². The number of anilines is 1. The van der Waals surface area contributed by atoms with Gasteiger partial charge in [-0.15, -0.1) is 0 Å². The lowest BCUT2D eigenvalue weighted by Gasteiger charge is -2.10. The number of carbonyl (C=O) groups is 1. The Morgan fingerprint density at radius 1 is 1.64 bits per heavy atom. The first kappa shape index (κ1) is 10.3. The van der Waals surface area contributed by atoms with E-state index in [0.29, 0.717) is 5.56 Å². The quantitative estimate of drug-likeness (QED) is 0.706. The zero-order valence-electron chi connectivity index (χ0n) is 7.80. The largest absolute Gasteiger partial charge is 0.493 e. The Hall–Kier alpha value is -1.78. The third kappa shape index (κ3) is 1.48. The number of hydrogen-bond donors (Lipinski definition) is 2. The van der Waals surface area contributed by atoms with E-state index in [1.54, 1.807) is 0 Å². The van der Waals surface area contributed by atoms with E-state index in [1.165, 1.54) is 14.0 Å². The predicted molar refractivity (Wildman–Crippen MR) is 49.1 cm³/mol. The van der Waals surface area contributed by atoms with Crippen molar-refractivity contribution in [2.75, 3.05) is 12.8 Å². The number of nitrogen functional groups attached to an aromatic ring is 1. The van der Waals surface area contributed by atoms with Crippen LogP contribution in [0.25, 0.3) is 0 Å². The van der Waals surface area contributed by atoms with Gasteiger partial charge in [0.05, 0.1) is 7.11 Å². The molecule has 0 aromatic heterocycles. The molecule has 0 fully saturated rings. The van der Waals surface area contributed by atoms with Gasteiger partial charge in [-0.1, -0.05) is 0 Å². The number of methoxy groups -OCH3 is 1. The number of carboxylic acids is 1. The Labute approximate surface area is 80.1 Å². The number of halogens is 1. The minimum absolute atomic E-state index is 0.0979. The van der Waals surface area contributed by atoms with E-state index in [9.17, 15) is 9.18 Å². The molecule has 0 radical (unpaired) electrons. The van der Waals surface area contributed by atoms with E-state index in [1.807, 2.05) is 0 Å². The first-order valence-electron chi connectivity index (χ1n) is 3.85. The number of hydrogen-bond acceptors (Lipinski definition) is 3. The van der Waals surface area contributed by atoms with Gasteiger partial charge in [-0.25, -0.2) is 9.18 Å². The summed E-state index contributed by atoms with van der Waals surface area (Å²) in [7, 11) is 1.21. The number of benzene rings is 1. The van der Waals surface area contributed by atoms with Crippen molar-refractivity contribution in [3.63, 3.8) is 0 Å². The fraction of sp³-hybridized carbons (Fsp3) is 0.222. The number of nitrogens with two attached hydrogens (primary N) is 1. The second-order valence-corrected chi connectivity index (χ2v) is 2.79. The summed E-state index contributed by atoms with van der Waals surface area (Å²) in [6.07, 6.45) is 0. The molecule has 1 rings (SSSR count). The van der Waals surface area contributed by atoms with Crippen LogP contribution in [-0.2, 0) is 0 Å². The molecule has 1 aromatic rings. The summed E-state index contributed by atoms with van der Waals surface area (Å²) in [5, 5.41) is 8.82. The van der Waals surface area contributed by atoms with Gasteiger partial charge in [-0.2, -0.15) is 0 Å². The molecule has 76 valence electrons. The van der Waals surface area contributed by atoms with Crippen LogP contribution in [0.4, 0.5) is 10.1 Å². The van der Waals surface area contributed by atoms with Crippen molar-refractivity contribution >= 4 is 11.7 Å². The standard InChI is InChI=1S/C9H10FNO3/c1-4-6(11)3-5(10)8(14-2)7(4)9(12)13/h3H,11H2,1-2H3,(H,12,13). The second kappa shape index (κ2) is 3.53. The van der Waals surface area contributed by atoms with Gasteiger partial charge >= 0.3 is 5.97 Å². The van der Waals surface area contributed by atoms with Crippen LogP contribution in [0.3, 0.4) is 0 Å². The third-order valence-corrected chi connectivity index (χ3v) is 1.95. The average Bonchev–Trinajstić information content (AvgIpc) is 2.10. The van der Waals surface area contributed by atoms with Gasteiger partial charge in [0, 0.05) is 11.8 Å². The SMILES string of the molecule is COc1c(F)cc(N)c(C)c1C(=O)O. The highest BCUT2D eigenvalue weighted by Crippen LogP contribution is 2.29. The zero-order chi connectivity index (χ0) is 10.9. The Bertz CT molecular complexity index is 390. The van der Waals surface area contributed by atoms with Crippen molar-refractivity contribution in [3.05, 3.63) is 23.0 Å². The highest BCUT2D eigenvalue weighted by molar-refractivity contribution is 5.94. The maximum Gasteiger partial charge on any atom is 0.339 e. The van der Waals surface area contributed by atoms with Crippen molar-refractivity contribution in [1.82, 2.24) is 0 Å². The average molecular weight is 199 g/mol. The summed E-state index contributed by atoms with van der Waals surface area (Å²) in [5.41, 5.74) is 5.59. The molecule has 0 heterocycles. The number of aromatic carboxylic acids is 1. The lowest BCUT2D eigenvalue weighted by atomic mass is 10.1. The molecule has 0 bridgehead atoms. The topological polar surface area (TPSA) is 72.5 Å². The Kier molecular flexibility index (Phi) is 2.60. The van der Waals surface area contributed by atoms with Crippen LogP contribution in [0, 0.1) is 12.7 Å². The van der Waals surface area contributed by atoms with Crippen molar-refractivity contribution < 1.29 is 19.0 Å². The van der Waals surface area contributed by atoms with Gasteiger partial charge in [0.1, 0.15) is 5.56 Å². The highest BCUT2D eigenvalue weighted by atomic mass is 19.1. The lowest BCUT2D eigenvalue weighted by molar-refractivity contribution is 0.0691. The van der Waals surface area contributed by atoms with Crippen LogP contribution in [-0.4, -0.2) is 18.2 Å². The molecular weight excluding hydrogens is 189 g/mol. The minimum Gasteiger partial charge on any atom is -0.493 e. The summed E-state index contributed by atoms with van der Waals surface area (Å²) < 4.78 is 17.8. The molecule has 0 saturated carbocycles. The van der Waals surface area contributed by atoms with Gasteiger partial charge < -0.3 is 15.6 Å². The third-order valence-electron chi connectivity index (χ3n) is 1.95. The first-order valence-corrected chi connectivity index (χ1v) is 3.85.